The number of benzene rings is 1. The fourth-order valence-electron chi connectivity index (χ4n) is 5.49. The third-order valence-corrected chi connectivity index (χ3v) is 7.46. The number of pyridine rings is 1. The van der Waals surface area contributed by atoms with Crippen molar-refractivity contribution < 1.29 is 9.59 Å². The zero-order valence-electron chi connectivity index (χ0n) is 20.8. The van der Waals surface area contributed by atoms with E-state index < -0.39 is 0 Å². The standard InChI is InChI=1S/C29H30N6O2/c36-28-6-2-4-14-35(28)22-10-15-34(16-11-22)29(37)26-19-21-17-20(7-8-23(21)32-26)18-27-31-13-9-25(33-27)24-5-1-3-12-30-24/h1,3,5,7-9,12-13,17,19,22,32H,2,4,6,10-11,14-16,18H2. The Hall–Kier alpha value is -4.07. The van der Waals surface area contributed by atoms with Crippen molar-refractivity contribution in [3.8, 4) is 11.4 Å². The van der Waals surface area contributed by atoms with Gasteiger partial charge in [-0.1, -0.05) is 12.1 Å². The SMILES string of the molecule is O=C(c1cc2cc(Cc3nccc(-c4ccccn4)n3)ccc2[nH]1)N1CCC(N2CCCCC2=O)CC1. The topological polar surface area (TPSA) is 95.1 Å². The first-order chi connectivity index (χ1) is 18.1. The molecule has 0 atom stereocenters. The predicted molar refractivity (Wildman–Crippen MR) is 141 cm³/mol. The van der Waals surface area contributed by atoms with Crippen LogP contribution in [-0.2, 0) is 11.2 Å². The van der Waals surface area contributed by atoms with E-state index in [9.17, 15) is 9.59 Å². The summed E-state index contributed by atoms with van der Waals surface area (Å²) in [6, 6.07) is 16.0. The van der Waals surface area contributed by atoms with Crippen LogP contribution in [0.15, 0.2) is 60.9 Å². The molecule has 0 saturated carbocycles. The highest BCUT2D eigenvalue weighted by Gasteiger charge is 2.31. The van der Waals surface area contributed by atoms with Gasteiger partial charge >= 0.3 is 0 Å². The number of hydrogen-bond acceptors (Lipinski definition) is 5. The molecular formula is C29H30N6O2. The normalized spacial score (nSPS) is 16.9. The lowest BCUT2D eigenvalue weighted by Gasteiger charge is -2.40. The second-order valence-corrected chi connectivity index (χ2v) is 9.92. The molecule has 3 aromatic heterocycles. The number of fused-ring (bicyclic) bond motifs is 1. The molecule has 0 unspecified atom stereocenters. The first-order valence-electron chi connectivity index (χ1n) is 13.1. The fourth-order valence-corrected chi connectivity index (χ4v) is 5.49. The summed E-state index contributed by atoms with van der Waals surface area (Å²) in [5, 5.41) is 0.996. The summed E-state index contributed by atoms with van der Waals surface area (Å²) in [7, 11) is 0. The average molecular weight is 495 g/mol. The molecule has 188 valence electrons. The number of nitrogens with one attached hydrogen (secondary N) is 1. The van der Waals surface area contributed by atoms with Gasteiger partial charge in [0.25, 0.3) is 5.91 Å². The first-order valence-corrected chi connectivity index (χ1v) is 13.1. The Kier molecular flexibility index (Phi) is 6.39. The molecule has 2 aliphatic heterocycles. The van der Waals surface area contributed by atoms with Gasteiger partial charge in [-0.2, -0.15) is 0 Å². The first kappa shape index (κ1) is 23.3. The van der Waals surface area contributed by atoms with Gasteiger partial charge in [0.1, 0.15) is 11.5 Å². The molecule has 5 heterocycles. The van der Waals surface area contributed by atoms with Crippen LogP contribution in [0.25, 0.3) is 22.3 Å². The largest absolute Gasteiger partial charge is 0.351 e. The van der Waals surface area contributed by atoms with Gasteiger partial charge in [0.15, 0.2) is 0 Å². The maximum atomic E-state index is 13.3. The lowest BCUT2D eigenvalue weighted by atomic mass is 9.99. The molecule has 37 heavy (non-hydrogen) atoms. The van der Waals surface area contributed by atoms with Gasteiger partial charge in [-0.15, -0.1) is 0 Å². The molecule has 0 spiro atoms. The highest BCUT2D eigenvalue weighted by Crippen LogP contribution is 2.25. The number of piperidine rings is 2. The molecule has 1 N–H and O–H groups in total. The Morgan fingerprint density at radius 2 is 1.84 bits per heavy atom. The number of H-pyrrole nitrogens is 1. The summed E-state index contributed by atoms with van der Waals surface area (Å²) >= 11 is 0. The average Bonchev–Trinajstić information content (AvgIpc) is 3.37. The molecule has 2 amide bonds. The van der Waals surface area contributed by atoms with Gasteiger partial charge in [0.05, 0.1) is 11.4 Å². The number of likely N-dealkylation sites (tertiary alicyclic amines) is 2. The third kappa shape index (κ3) is 4.96. The predicted octanol–water partition coefficient (Wildman–Crippen LogP) is 4.23. The molecule has 0 radical (unpaired) electrons. The second kappa shape index (κ2) is 10.1. The number of hydrogen-bond donors (Lipinski definition) is 1. The highest BCUT2D eigenvalue weighted by molar-refractivity contribution is 5.98. The molecular weight excluding hydrogens is 464 g/mol. The Bertz CT molecular complexity index is 1420. The second-order valence-electron chi connectivity index (χ2n) is 9.92. The van der Waals surface area contributed by atoms with Crippen LogP contribution in [0.3, 0.4) is 0 Å². The molecule has 2 aliphatic rings. The molecule has 2 fully saturated rings. The van der Waals surface area contributed by atoms with Crippen LogP contribution in [-0.4, -0.2) is 67.2 Å². The highest BCUT2D eigenvalue weighted by atomic mass is 16.2. The lowest BCUT2D eigenvalue weighted by molar-refractivity contribution is -0.136. The Morgan fingerprint density at radius 3 is 2.65 bits per heavy atom. The molecule has 0 bridgehead atoms. The van der Waals surface area contributed by atoms with Gasteiger partial charge in [-0.25, -0.2) is 9.97 Å². The van der Waals surface area contributed by atoms with Gasteiger partial charge in [-0.3, -0.25) is 14.6 Å². The van der Waals surface area contributed by atoms with Crippen molar-refractivity contribution in [2.75, 3.05) is 19.6 Å². The van der Waals surface area contributed by atoms with Crippen LogP contribution >= 0.6 is 0 Å². The number of nitrogens with zero attached hydrogens (tertiary/aromatic N) is 5. The number of carbonyl (C=O) groups is 2. The van der Waals surface area contributed by atoms with Crippen LogP contribution in [0.1, 0.15) is 54.0 Å². The molecule has 0 aliphatic carbocycles. The van der Waals surface area contributed by atoms with E-state index in [0.717, 1.165) is 65.9 Å². The van der Waals surface area contributed by atoms with E-state index in [0.29, 0.717) is 31.6 Å². The van der Waals surface area contributed by atoms with Gasteiger partial charge in [0.2, 0.25) is 5.91 Å². The number of rotatable bonds is 5. The Morgan fingerprint density at radius 1 is 0.946 bits per heavy atom. The van der Waals surface area contributed by atoms with Crippen molar-refractivity contribution in [3.63, 3.8) is 0 Å². The summed E-state index contributed by atoms with van der Waals surface area (Å²) in [6.45, 7) is 2.22. The summed E-state index contributed by atoms with van der Waals surface area (Å²) in [5.41, 5.74) is 4.24. The molecule has 8 heteroatoms. The van der Waals surface area contributed by atoms with Crippen LogP contribution in [0.2, 0.25) is 0 Å². The monoisotopic (exact) mass is 494 g/mol. The summed E-state index contributed by atoms with van der Waals surface area (Å²) < 4.78 is 0. The van der Waals surface area contributed by atoms with Crippen LogP contribution in [0, 0.1) is 0 Å². The quantitative estimate of drug-likeness (QED) is 0.448. The van der Waals surface area contributed by atoms with E-state index in [-0.39, 0.29) is 17.9 Å². The third-order valence-electron chi connectivity index (χ3n) is 7.46. The van der Waals surface area contributed by atoms with Crippen molar-refractivity contribution >= 4 is 22.7 Å². The molecule has 8 nitrogen and oxygen atoms in total. The summed E-state index contributed by atoms with van der Waals surface area (Å²) in [4.78, 5) is 46.3. The molecule has 6 rings (SSSR count). The van der Waals surface area contributed by atoms with E-state index in [2.05, 4.69) is 21.0 Å². The number of amides is 2. The van der Waals surface area contributed by atoms with Crippen molar-refractivity contribution in [2.45, 2.75) is 44.6 Å². The zero-order valence-corrected chi connectivity index (χ0v) is 20.8. The molecule has 2 saturated heterocycles. The van der Waals surface area contributed by atoms with E-state index in [1.54, 1.807) is 12.4 Å². The zero-order chi connectivity index (χ0) is 25.2. The number of aromatic nitrogens is 4. The summed E-state index contributed by atoms with van der Waals surface area (Å²) in [6.07, 6.45) is 8.56. The van der Waals surface area contributed by atoms with E-state index in [1.165, 1.54) is 0 Å². The minimum atomic E-state index is 0.0209. The van der Waals surface area contributed by atoms with E-state index in [4.69, 9.17) is 4.98 Å². The van der Waals surface area contributed by atoms with Crippen molar-refractivity contribution in [1.29, 1.82) is 0 Å². The van der Waals surface area contributed by atoms with E-state index in [1.807, 2.05) is 52.3 Å². The smallest absolute Gasteiger partial charge is 0.270 e. The number of carbonyl (C=O) groups excluding carboxylic acids is 2. The number of aromatic amines is 1. The maximum Gasteiger partial charge on any atom is 0.270 e. The van der Waals surface area contributed by atoms with Gasteiger partial charge in [0, 0.05) is 61.8 Å². The Labute approximate surface area is 215 Å². The molecule has 1 aromatic carbocycles. The van der Waals surface area contributed by atoms with Crippen molar-refractivity contribution in [2.24, 2.45) is 0 Å². The van der Waals surface area contributed by atoms with Crippen LogP contribution in [0.5, 0.6) is 0 Å². The minimum absolute atomic E-state index is 0.0209. The maximum absolute atomic E-state index is 13.3. The van der Waals surface area contributed by atoms with E-state index >= 15 is 0 Å². The summed E-state index contributed by atoms with van der Waals surface area (Å²) in [5.74, 6) is 1.02. The van der Waals surface area contributed by atoms with Gasteiger partial charge in [-0.05, 0) is 67.6 Å². The van der Waals surface area contributed by atoms with Crippen LogP contribution in [0.4, 0.5) is 0 Å². The van der Waals surface area contributed by atoms with Crippen molar-refractivity contribution in [3.05, 3.63) is 78.0 Å². The minimum Gasteiger partial charge on any atom is -0.351 e. The van der Waals surface area contributed by atoms with Crippen molar-refractivity contribution in [1.82, 2.24) is 29.7 Å². The fraction of sp³-hybridized carbons (Fsp3) is 0.345. The van der Waals surface area contributed by atoms with Gasteiger partial charge < -0.3 is 14.8 Å². The lowest BCUT2D eigenvalue weighted by Crippen LogP contribution is -2.50. The van der Waals surface area contributed by atoms with Crippen LogP contribution < -0.4 is 0 Å². The Balaban J connectivity index is 1.13. The molecule has 4 aromatic rings.